The molecule has 5 nitrogen and oxygen atoms in total. The zero-order valence-electron chi connectivity index (χ0n) is 16.7. The number of carbonyl (C=O) groups excluding carboxylic acids is 1. The predicted octanol–water partition coefficient (Wildman–Crippen LogP) is 4.26. The summed E-state index contributed by atoms with van der Waals surface area (Å²) in [5, 5.41) is 6.30. The summed E-state index contributed by atoms with van der Waals surface area (Å²) in [6, 6.07) is 15.8. The summed E-state index contributed by atoms with van der Waals surface area (Å²) in [6.45, 7) is 5.56. The molecule has 0 spiro atoms. The monoisotopic (exact) mass is 404 g/mol. The maximum absolute atomic E-state index is 12.8. The fraction of sp³-hybridized carbons (Fsp3) is 0.409. The van der Waals surface area contributed by atoms with E-state index in [1.54, 1.807) is 7.11 Å². The number of hydrogen-bond donors (Lipinski definition) is 2. The lowest BCUT2D eigenvalue weighted by molar-refractivity contribution is -0.140. The molecular weight excluding hydrogens is 376 g/mol. The standard InChI is InChI=1S/C22H28N2O3.ClH/c1-16-15-19(27-17(2)18-7-5-4-6-8-18)9-10-20(16)24-21(25)22(26-3)11-13-23-14-12-22;/h4-10,15,17,23H,11-14H2,1-3H3,(H,24,25);1H. The smallest absolute Gasteiger partial charge is 0.256 e. The Bertz CT molecular complexity index is 777. The van der Waals surface area contributed by atoms with E-state index < -0.39 is 5.60 Å². The van der Waals surface area contributed by atoms with Crippen molar-refractivity contribution in [3.8, 4) is 5.75 Å². The third-order valence-electron chi connectivity index (χ3n) is 5.24. The topological polar surface area (TPSA) is 59.6 Å². The Morgan fingerprint density at radius 3 is 2.43 bits per heavy atom. The van der Waals surface area contributed by atoms with E-state index in [4.69, 9.17) is 9.47 Å². The van der Waals surface area contributed by atoms with Crippen molar-refractivity contribution in [3.05, 3.63) is 59.7 Å². The number of anilines is 1. The fourth-order valence-corrected chi connectivity index (χ4v) is 3.44. The first-order chi connectivity index (χ1) is 13.0. The molecule has 1 aliphatic rings. The molecule has 1 unspecified atom stereocenters. The highest BCUT2D eigenvalue weighted by Gasteiger charge is 2.39. The number of amides is 1. The number of halogens is 1. The number of benzene rings is 2. The quantitative estimate of drug-likeness (QED) is 0.755. The van der Waals surface area contributed by atoms with Crippen LogP contribution in [0, 0.1) is 6.92 Å². The molecule has 1 amide bonds. The summed E-state index contributed by atoms with van der Waals surface area (Å²) >= 11 is 0. The summed E-state index contributed by atoms with van der Waals surface area (Å²) in [7, 11) is 1.61. The van der Waals surface area contributed by atoms with Gasteiger partial charge < -0.3 is 20.1 Å². The van der Waals surface area contributed by atoms with Gasteiger partial charge in [0.05, 0.1) is 0 Å². The summed E-state index contributed by atoms with van der Waals surface area (Å²) in [5.74, 6) is 0.700. The normalized spacial score (nSPS) is 16.5. The van der Waals surface area contributed by atoms with Crippen LogP contribution in [0.2, 0.25) is 0 Å². The van der Waals surface area contributed by atoms with E-state index in [0.29, 0.717) is 12.8 Å². The van der Waals surface area contributed by atoms with Crippen LogP contribution in [-0.4, -0.2) is 31.7 Å². The fourth-order valence-electron chi connectivity index (χ4n) is 3.44. The lowest BCUT2D eigenvalue weighted by Gasteiger charge is -2.34. The van der Waals surface area contributed by atoms with Crippen LogP contribution in [0.5, 0.6) is 5.75 Å². The Balaban J connectivity index is 0.00000280. The molecule has 0 saturated carbocycles. The molecule has 2 N–H and O–H groups in total. The van der Waals surface area contributed by atoms with Gasteiger partial charge in [-0.2, -0.15) is 0 Å². The average molecular weight is 405 g/mol. The molecule has 1 aliphatic heterocycles. The minimum Gasteiger partial charge on any atom is -0.486 e. The van der Waals surface area contributed by atoms with Crippen LogP contribution in [0.3, 0.4) is 0 Å². The number of nitrogens with one attached hydrogen (secondary N) is 2. The molecule has 0 aromatic heterocycles. The molecule has 0 bridgehead atoms. The van der Waals surface area contributed by atoms with Gasteiger partial charge in [0.1, 0.15) is 17.5 Å². The highest BCUT2D eigenvalue weighted by atomic mass is 35.5. The lowest BCUT2D eigenvalue weighted by Crippen LogP contribution is -2.51. The number of methoxy groups -OCH3 is 1. The molecule has 1 saturated heterocycles. The third kappa shape index (κ3) is 5.04. The van der Waals surface area contributed by atoms with Gasteiger partial charge in [-0.1, -0.05) is 30.3 Å². The van der Waals surface area contributed by atoms with E-state index >= 15 is 0 Å². The van der Waals surface area contributed by atoms with E-state index in [0.717, 1.165) is 35.7 Å². The van der Waals surface area contributed by atoms with Crippen molar-refractivity contribution >= 4 is 24.0 Å². The van der Waals surface area contributed by atoms with Crippen molar-refractivity contribution in [1.82, 2.24) is 5.32 Å². The predicted molar refractivity (Wildman–Crippen MR) is 114 cm³/mol. The van der Waals surface area contributed by atoms with Gasteiger partial charge in [0.25, 0.3) is 5.91 Å². The van der Waals surface area contributed by atoms with Crippen LogP contribution < -0.4 is 15.4 Å². The first kappa shape index (κ1) is 22.2. The van der Waals surface area contributed by atoms with Gasteiger partial charge >= 0.3 is 0 Å². The van der Waals surface area contributed by atoms with Gasteiger partial charge in [-0.15, -0.1) is 12.4 Å². The molecule has 28 heavy (non-hydrogen) atoms. The Hall–Kier alpha value is -2.08. The number of rotatable bonds is 6. The number of piperidine rings is 1. The highest BCUT2D eigenvalue weighted by Crippen LogP contribution is 2.29. The minimum absolute atomic E-state index is 0. The van der Waals surface area contributed by atoms with E-state index in [2.05, 4.69) is 22.8 Å². The Labute approximate surface area is 173 Å². The van der Waals surface area contributed by atoms with Crippen LogP contribution in [0.25, 0.3) is 0 Å². The van der Waals surface area contributed by atoms with Crippen molar-refractivity contribution < 1.29 is 14.3 Å². The van der Waals surface area contributed by atoms with Gasteiger partial charge in [0, 0.05) is 12.8 Å². The van der Waals surface area contributed by atoms with Crippen LogP contribution >= 0.6 is 12.4 Å². The van der Waals surface area contributed by atoms with Crippen LogP contribution in [0.4, 0.5) is 5.69 Å². The average Bonchev–Trinajstić information content (AvgIpc) is 2.71. The van der Waals surface area contributed by atoms with Crippen LogP contribution in [-0.2, 0) is 9.53 Å². The Morgan fingerprint density at radius 2 is 1.82 bits per heavy atom. The van der Waals surface area contributed by atoms with Crippen molar-refractivity contribution in [2.75, 3.05) is 25.5 Å². The Kier molecular flexibility index (Phi) is 7.87. The maximum atomic E-state index is 12.8. The van der Waals surface area contributed by atoms with E-state index in [1.165, 1.54) is 0 Å². The number of carbonyl (C=O) groups is 1. The van der Waals surface area contributed by atoms with Crippen molar-refractivity contribution in [1.29, 1.82) is 0 Å². The largest absolute Gasteiger partial charge is 0.486 e. The van der Waals surface area contributed by atoms with Crippen LogP contribution in [0.1, 0.15) is 37.0 Å². The van der Waals surface area contributed by atoms with E-state index in [1.807, 2.05) is 50.2 Å². The zero-order chi connectivity index (χ0) is 19.3. The van der Waals surface area contributed by atoms with Gasteiger partial charge in [0.2, 0.25) is 0 Å². The molecule has 6 heteroatoms. The second kappa shape index (κ2) is 9.92. The third-order valence-corrected chi connectivity index (χ3v) is 5.24. The number of aryl methyl sites for hydroxylation is 1. The summed E-state index contributed by atoms with van der Waals surface area (Å²) < 4.78 is 11.7. The second-order valence-electron chi connectivity index (χ2n) is 7.05. The molecule has 0 aliphatic carbocycles. The molecular formula is C22H29ClN2O3. The van der Waals surface area contributed by atoms with E-state index in [9.17, 15) is 4.79 Å². The molecule has 2 aromatic rings. The molecule has 3 rings (SSSR count). The minimum atomic E-state index is -0.755. The maximum Gasteiger partial charge on any atom is 0.256 e. The number of hydrogen-bond acceptors (Lipinski definition) is 4. The molecule has 1 fully saturated rings. The Morgan fingerprint density at radius 1 is 1.14 bits per heavy atom. The zero-order valence-corrected chi connectivity index (χ0v) is 17.5. The van der Waals surface area contributed by atoms with Crippen molar-refractivity contribution in [2.24, 2.45) is 0 Å². The lowest BCUT2D eigenvalue weighted by atomic mass is 9.91. The van der Waals surface area contributed by atoms with Crippen molar-refractivity contribution in [2.45, 2.75) is 38.4 Å². The highest BCUT2D eigenvalue weighted by molar-refractivity contribution is 5.98. The molecule has 1 heterocycles. The summed E-state index contributed by atoms with van der Waals surface area (Å²) in [5.41, 5.74) is 2.12. The first-order valence-electron chi connectivity index (χ1n) is 9.44. The molecule has 1 atom stereocenters. The molecule has 0 radical (unpaired) electrons. The molecule has 152 valence electrons. The summed E-state index contributed by atoms with van der Waals surface area (Å²) in [6.07, 6.45) is 1.30. The van der Waals surface area contributed by atoms with E-state index in [-0.39, 0.29) is 24.4 Å². The van der Waals surface area contributed by atoms with Gasteiger partial charge in [0.15, 0.2) is 0 Å². The van der Waals surface area contributed by atoms with Crippen molar-refractivity contribution in [3.63, 3.8) is 0 Å². The number of ether oxygens (including phenoxy) is 2. The molecule has 2 aromatic carbocycles. The van der Waals surface area contributed by atoms with Gasteiger partial charge in [-0.25, -0.2) is 0 Å². The van der Waals surface area contributed by atoms with Gasteiger partial charge in [-0.3, -0.25) is 4.79 Å². The summed E-state index contributed by atoms with van der Waals surface area (Å²) in [4.78, 5) is 12.8. The SMILES string of the molecule is COC1(C(=O)Nc2ccc(OC(C)c3ccccc3)cc2C)CCNCC1.Cl. The van der Waals surface area contributed by atoms with Crippen LogP contribution in [0.15, 0.2) is 48.5 Å². The van der Waals surface area contributed by atoms with Gasteiger partial charge in [-0.05, 0) is 69.1 Å². The first-order valence-corrected chi connectivity index (χ1v) is 9.44. The second-order valence-corrected chi connectivity index (χ2v) is 7.05.